The number of carbonyl (C=O) groups excluding carboxylic acids is 2. The molecule has 0 unspecified atom stereocenters. The minimum absolute atomic E-state index is 0.0225. The molecule has 0 saturated heterocycles. The van der Waals surface area contributed by atoms with Crippen LogP contribution in [0.4, 0.5) is 0 Å². The van der Waals surface area contributed by atoms with E-state index in [2.05, 4.69) is 4.72 Å². The summed E-state index contributed by atoms with van der Waals surface area (Å²) in [7, 11) is -3.67. The number of hydrogen-bond donors (Lipinski definition) is 1. The molecule has 1 aromatic heterocycles. The second-order valence-corrected chi connectivity index (χ2v) is 10.1. The SMILES string of the molecule is Cc1ccc(S(=O)(=O)NC2CC2)cc1C(=O)OCC(=O)N1CCc2sccc2C1. The van der Waals surface area contributed by atoms with Crippen LogP contribution in [0.5, 0.6) is 0 Å². The number of carbonyl (C=O) groups is 2. The maximum absolute atomic E-state index is 12.5. The summed E-state index contributed by atoms with van der Waals surface area (Å²) in [5.74, 6) is -0.959. The number of nitrogens with one attached hydrogen (secondary N) is 1. The first-order valence-electron chi connectivity index (χ1n) is 9.46. The van der Waals surface area contributed by atoms with Gasteiger partial charge in [0.15, 0.2) is 6.61 Å². The summed E-state index contributed by atoms with van der Waals surface area (Å²) < 4.78 is 32.6. The Morgan fingerprint density at radius 1 is 1.28 bits per heavy atom. The van der Waals surface area contributed by atoms with Crippen LogP contribution in [0.2, 0.25) is 0 Å². The molecule has 1 fully saturated rings. The van der Waals surface area contributed by atoms with Crippen molar-refractivity contribution in [3.63, 3.8) is 0 Å². The van der Waals surface area contributed by atoms with Crippen molar-refractivity contribution in [2.75, 3.05) is 13.2 Å². The van der Waals surface area contributed by atoms with Crippen LogP contribution < -0.4 is 4.72 Å². The van der Waals surface area contributed by atoms with Crippen molar-refractivity contribution in [3.05, 3.63) is 51.2 Å². The average Bonchev–Trinajstić information content (AvgIpc) is 3.37. The molecule has 1 aromatic carbocycles. The summed E-state index contributed by atoms with van der Waals surface area (Å²) in [6.07, 6.45) is 2.46. The molecule has 0 bridgehead atoms. The molecule has 0 spiro atoms. The van der Waals surface area contributed by atoms with E-state index >= 15 is 0 Å². The molecule has 4 rings (SSSR count). The predicted molar refractivity (Wildman–Crippen MR) is 108 cm³/mol. The standard InChI is InChI=1S/C20H22N2O5S2/c1-13-2-5-16(29(25,26)21-15-3-4-15)10-17(13)20(24)27-12-19(23)22-8-6-18-14(11-22)7-9-28-18/h2,5,7,9-10,15,21H,3-4,6,8,11-12H2,1H3. The number of sulfonamides is 1. The van der Waals surface area contributed by atoms with Crippen molar-refractivity contribution in [3.8, 4) is 0 Å². The summed E-state index contributed by atoms with van der Waals surface area (Å²) >= 11 is 1.69. The molecule has 1 aliphatic carbocycles. The maximum atomic E-state index is 12.5. The zero-order valence-electron chi connectivity index (χ0n) is 16.0. The van der Waals surface area contributed by atoms with Gasteiger partial charge in [-0.05, 0) is 60.9 Å². The Morgan fingerprint density at radius 3 is 2.83 bits per heavy atom. The van der Waals surface area contributed by atoms with Gasteiger partial charge in [-0.2, -0.15) is 0 Å². The molecule has 0 atom stereocenters. The molecule has 7 nitrogen and oxygen atoms in total. The maximum Gasteiger partial charge on any atom is 0.338 e. The Hall–Kier alpha value is -2.23. The smallest absolute Gasteiger partial charge is 0.338 e. The number of hydrogen-bond acceptors (Lipinski definition) is 6. The van der Waals surface area contributed by atoms with Crippen molar-refractivity contribution < 1.29 is 22.7 Å². The monoisotopic (exact) mass is 434 g/mol. The number of aryl methyl sites for hydroxylation is 1. The van der Waals surface area contributed by atoms with Gasteiger partial charge in [0.25, 0.3) is 5.91 Å². The van der Waals surface area contributed by atoms with Gasteiger partial charge in [-0.15, -0.1) is 11.3 Å². The third-order valence-electron chi connectivity index (χ3n) is 5.13. The second kappa shape index (κ2) is 7.89. The minimum atomic E-state index is -3.67. The lowest BCUT2D eigenvalue weighted by atomic mass is 10.1. The summed E-state index contributed by atoms with van der Waals surface area (Å²) in [5, 5.41) is 2.01. The molecule has 1 aliphatic heterocycles. The lowest BCUT2D eigenvalue weighted by Crippen LogP contribution is -2.38. The number of rotatable bonds is 6. The Bertz CT molecular complexity index is 1060. The number of ether oxygens (including phenoxy) is 1. The lowest BCUT2D eigenvalue weighted by molar-refractivity contribution is -0.135. The topological polar surface area (TPSA) is 92.8 Å². The van der Waals surface area contributed by atoms with E-state index in [9.17, 15) is 18.0 Å². The van der Waals surface area contributed by atoms with Gasteiger partial charge in [-0.3, -0.25) is 4.79 Å². The van der Waals surface area contributed by atoms with Crippen molar-refractivity contribution in [2.24, 2.45) is 0 Å². The highest BCUT2D eigenvalue weighted by Gasteiger charge is 2.29. The number of thiophene rings is 1. The van der Waals surface area contributed by atoms with Gasteiger partial charge >= 0.3 is 5.97 Å². The fraction of sp³-hybridized carbons (Fsp3) is 0.400. The van der Waals surface area contributed by atoms with E-state index in [-0.39, 0.29) is 29.0 Å². The van der Waals surface area contributed by atoms with Crippen LogP contribution >= 0.6 is 11.3 Å². The third kappa shape index (κ3) is 4.52. The molecule has 154 valence electrons. The first-order valence-corrected chi connectivity index (χ1v) is 11.8. The summed E-state index contributed by atoms with van der Waals surface area (Å²) in [5.41, 5.74) is 1.88. The highest BCUT2D eigenvalue weighted by molar-refractivity contribution is 7.89. The highest BCUT2D eigenvalue weighted by atomic mass is 32.2. The van der Waals surface area contributed by atoms with Crippen molar-refractivity contribution in [1.29, 1.82) is 0 Å². The van der Waals surface area contributed by atoms with Gasteiger partial charge in [-0.1, -0.05) is 6.07 Å². The molecule has 0 radical (unpaired) electrons. The minimum Gasteiger partial charge on any atom is -0.452 e. The van der Waals surface area contributed by atoms with Crippen LogP contribution in [-0.2, 0) is 32.5 Å². The van der Waals surface area contributed by atoms with Gasteiger partial charge < -0.3 is 9.64 Å². The zero-order chi connectivity index (χ0) is 20.6. The van der Waals surface area contributed by atoms with Gasteiger partial charge in [0.2, 0.25) is 10.0 Å². The number of fused-ring (bicyclic) bond motifs is 1. The Kier molecular flexibility index (Phi) is 5.46. The Morgan fingerprint density at radius 2 is 2.07 bits per heavy atom. The van der Waals surface area contributed by atoms with Crippen LogP contribution in [0.15, 0.2) is 34.5 Å². The van der Waals surface area contributed by atoms with Crippen LogP contribution in [0.3, 0.4) is 0 Å². The van der Waals surface area contributed by atoms with Crippen LogP contribution in [0.25, 0.3) is 0 Å². The normalized spacial score (nSPS) is 16.4. The van der Waals surface area contributed by atoms with Gasteiger partial charge in [-0.25, -0.2) is 17.9 Å². The quantitative estimate of drug-likeness (QED) is 0.704. The number of benzene rings is 1. The Labute approximate surface area is 173 Å². The van der Waals surface area contributed by atoms with Crippen molar-refractivity contribution in [1.82, 2.24) is 9.62 Å². The van der Waals surface area contributed by atoms with Gasteiger partial charge in [0, 0.05) is 24.0 Å². The molecule has 9 heteroatoms. The van der Waals surface area contributed by atoms with E-state index in [1.165, 1.54) is 17.0 Å². The third-order valence-corrected chi connectivity index (χ3v) is 7.67. The molecule has 29 heavy (non-hydrogen) atoms. The van der Waals surface area contributed by atoms with E-state index in [0.29, 0.717) is 18.7 Å². The number of nitrogens with zero attached hydrogens (tertiary/aromatic N) is 1. The molecule has 1 N–H and O–H groups in total. The van der Waals surface area contributed by atoms with Crippen LogP contribution in [-0.4, -0.2) is 44.4 Å². The molecule has 2 heterocycles. The average molecular weight is 435 g/mol. The second-order valence-electron chi connectivity index (χ2n) is 7.38. The molecule has 1 amide bonds. The van der Waals surface area contributed by atoms with E-state index in [1.54, 1.807) is 29.2 Å². The zero-order valence-corrected chi connectivity index (χ0v) is 17.6. The van der Waals surface area contributed by atoms with E-state index < -0.39 is 16.0 Å². The summed E-state index contributed by atoms with van der Waals surface area (Å²) in [4.78, 5) is 28.0. The van der Waals surface area contributed by atoms with Crippen LogP contribution in [0.1, 0.15) is 39.2 Å². The van der Waals surface area contributed by atoms with Gasteiger partial charge in [0.05, 0.1) is 10.5 Å². The van der Waals surface area contributed by atoms with Gasteiger partial charge in [0.1, 0.15) is 0 Å². The van der Waals surface area contributed by atoms with E-state index in [0.717, 1.165) is 24.8 Å². The van der Waals surface area contributed by atoms with Crippen molar-refractivity contribution in [2.45, 2.75) is 43.7 Å². The number of amides is 1. The van der Waals surface area contributed by atoms with Crippen LogP contribution in [0, 0.1) is 6.92 Å². The fourth-order valence-electron chi connectivity index (χ4n) is 3.23. The predicted octanol–water partition coefficient (Wildman–Crippen LogP) is 2.24. The van der Waals surface area contributed by atoms with E-state index in [1.807, 2.05) is 11.4 Å². The van der Waals surface area contributed by atoms with Crippen molar-refractivity contribution >= 4 is 33.2 Å². The molecular formula is C20H22N2O5S2. The molecular weight excluding hydrogens is 412 g/mol. The number of esters is 1. The largest absolute Gasteiger partial charge is 0.452 e. The lowest BCUT2D eigenvalue weighted by Gasteiger charge is -2.26. The molecule has 2 aromatic rings. The van der Waals surface area contributed by atoms with E-state index in [4.69, 9.17) is 4.74 Å². The summed E-state index contributed by atoms with van der Waals surface area (Å²) in [6, 6.07) is 6.33. The fourth-order valence-corrected chi connectivity index (χ4v) is 5.45. The Balaban J connectivity index is 1.40. The molecule has 1 saturated carbocycles. The first kappa shape index (κ1) is 20.1. The molecule has 2 aliphatic rings. The highest BCUT2D eigenvalue weighted by Crippen LogP contribution is 2.25. The summed E-state index contributed by atoms with van der Waals surface area (Å²) in [6.45, 7) is 2.46. The first-order chi connectivity index (χ1) is 13.8.